The van der Waals surface area contributed by atoms with E-state index < -0.39 is 10.0 Å². The summed E-state index contributed by atoms with van der Waals surface area (Å²) < 4.78 is 45.7. The molecule has 0 aliphatic carbocycles. The van der Waals surface area contributed by atoms with Crippen LogP contribution in [-0.2, 0) is 33.1 Å². The molecule has 0 N–H and O–H groups in total. The third-order valence-corrected chi connectivity index (χ3v) is 8.89. The number of benzene rings is 3. The molecule has 0 amide bonds. The van der Waals surface area contributed by atoms with Crippen LogP contribution in [0.25, 0.3) is 11.0 Å². The molecule has 4 aromatic rings. The monoisotopic (exact) mass is 570 g/mol. The molecule has 3 aromatic carbocycles. The normalized spacial score (nSPS) is 14.0. The quantitative estimate of drug-likeness (QED) is 0.293. The van der Waals surface area contributed by atoms with Crippen molar-refractivity contribution in [2.24, 2.45) is 7.05 Å². The van der Waals surface area contributed by atoms with Crippen molar-refractivity contribution in [3.05, 3.63) is 76.3 Å². The number of carbonyl (C=O) groups is 1. The summed E-state index contributed by atoms with van der Waals surface area (Å²) in [4.78, 5) is 12.5. The van der Waals surface area contributed by atoms with Gasteiger partial charge in [0.05, 0.1) is 23.9 Å². The fourth-order valence-electron chi connectivity index (χ4n) is 4.57. The van der Waals surface area contributed by atoms with Gasteiger partial charge in [0.15, 0.2) is 11.5 Å². The van der Waals surface area contributed by atoms with E-state index in [0.29, 0.717) is 40.8 Å². The summed E-state index contributed by atoms with van der Waals surface area (Å²) in [7, 11) is 0.770. The van der Waals surface area contributed by atoms with Crippen molar-refractivity contribution < 1.29 is 27.4 Å². The van der Waals surface area contributed by atoms with Gasteiger partial charge in [0.2, 0.25) is 10.0 Å². The molecule has 0 saturated heterocycles. The van der Waals surface area contributed by atoms with E-state index in [9.17, 15) is 13.2 Å². The number of halogens is 1. The highest BCUT2D eigenvalue weighted by molar-refractivity contribution is 7.89. The lowest BCUT2D eigenvalue weighted by Crippen LogP contribution is -2.27. The van der Waals surface area contributed by atoms with Crippen LogP contribution in [0.15, 0.2) is 59.5 Å². The number of carbonyl (C=O) groups excluding carboxylic acids is 1. The fourth-order valence-corrected chi connectivity index (χ4v) is 5.92. The number of sulfonamides is 1. The van der Waals surface area contributed by atoms with E-state index in [2.05, 4.69) is 10.3 Å². The molecule has 0 radical (unpaired) electrons. The van der Waals surface area contributed by atoms with Crippen molar-refractivity contribution in [2.75, 3.05) is 27.4 Å². The van der Waals surface area contributed by atoms with Crippen molar-refractivity contribution in [1.29, 1.82) is 0 Å². The van der Waals surface area contributed by atoms with Gasteiger partial charge in [-0.1, -0.05) is 35.0 Å². The number of aromatic nitrogens is 3. The number of ether oxygens (including phenoxy) is 3. The Bertz CT molecular complexity index is 1660. The van der Waals surface area contributed by atoms with E-state index in [-0.39, 0.29) is 29.7 Å². The second-order valence-electron chi connectivity index (χ2n) is 9.21. The molecule has 204 valence electrons. The van der Waals surface area contributed by atoms with Gasteiger partial charge in [-0.05, 0) is 47.0 Å². The molecule has 12 heteroatoms. The molecule has 1 atom stereocenters. The first-order chi connectivity index (χ1) is 18.7. The Kier molecular flexibility index (Phi) is 7.48. The highest BCUT2D eigenvalue weighted by Gasteiger charge is 2.26. The predicted octanol–water partition coefficient (Wildman–Crippen LogP) is 3.91. The number of aryl methyl sites for hydroxylation is 1. The van der Waals surface area contributed by atoms with E-state index in [1.54, 1.807) is 16.8 Å². The van der Waals surface area contributed by atoms with Gasteiger partial charge >= 0.3 is 5.97 Å². The maximum atomic E-state index is 13.4. The van der Waals surface area contributed by atoms with Crippen molar-refractivity contribution in [1.82, 2.24) is 19.3 Å². The van der Waals surface area contributed by atoms with Crippen LogP contribution in [0.1, 0.15) is 29.0 Å². The Morgan fingerprint density at radius 2 is 1.79 bits per heavy atom. The molecule has 0 saturated carbocycles. The topological polar surface area (TPSA) is 113 Å². The lowest BCUT2D eigenvalue weighted by atomic mass is 9.87. The number of esters is 1. The first-order valence-electron chi connectivity index (χ1n) is 12.2. The lowest BCUT2D eigenvalue weighted by Gasteiger charge is -2.22. The standard InChI is InChI=1S/C27H27ClN4O6S/c1-31(39(34,35)20-6-9-25-26(14-20)38-11-10-37-25)16-19-12-17(4-7-22(19)28)21(15-27(33)36-3)18-5-8-24-23(13-18)29-30-32(24)2/h4-9,12-14,21H,10-11,15-16H2,1-3H3. The number of fused-ring (bicyclic) bond motifs is 2. The predicted molar refractivity (Wildman–Crippen MR) is 145 cm³/mol. The number of methoxy groups -OCH3 is 1. The van der Waals surface area contributed by atoms with Gasteiger partial charge in [-0.25, -0.2) is 13.1 Å². The zero-order valence-corrected chi connectivity index (χ0v) is 23.2. The second-order valence-corrected chi connectivity index (χ2v) is 11.7. The zero-order chi connectivity index (χ0) is 27.7. The van der Waals surface area contributed by atoms with E-state index >= 15 is 0 Å². The number of nitrogens with zero attached hydrogens (tertiary/aromatic N) is 4. The number of hydrogen-bond donors (Lipinski definition) is 0. The Hall–Kier alpha value is -3.67. The van der Waals surface area contributed by atoms with Gasteiger partial charge in [0, 0.05) is 37.6 Å². The highest BCUT2D eigenvalue weighted by Crippen LogP contribution is 2.35. The zero-order valence-electron chi connectivity index (χ0n) is 21.6. The minimum absolute atomic E-state index is 0.0115. The van der Waals surface area contributed by atoms with E-state index in [4.69, 9.17) is 25.8 Å². The van der Waals surface area contributed by atoms with Crippen LogP contribution in [-0.4, -0.2) is 61.1 Å². The van der Waals surface area contributed by atoms with Crippen LogP contribution in [0.4, 0.5) is 0 Å². The third kappa shape index (κ3) is 5.42. The molecule has 1 unspecified atom stereocenters. The number of hydrogen-bond acceptors (Lipinski definition) is 8. The molecule has 10 nitrogen and oxygen atoms in total. The molecule has 5 rings (SSSR count). The summed E-state index contributed by atoms with van der Waals surface area (Å²) in [5, 5.41) is 8.66. The van der Waals surface area contributed by atoms with Crippen molar-refractivity contribution in [3.8, 4) is 11.5 Å². The van der Waals surface area contributed by atoms with Gasteiger partial charge < -0.3 is 14.2 Å². The van der Waals surface area contributed by atoms with E-state index in [1.807, 2.05) is 37.4 Å². The second kappa shape index (κ2) is 10.8. The molecule has 0 fully saturated rings. The van der Waals surface area contributed by atoms with Gasteiger partial charge in [-0.2, -0.15) is 4.31 Å². The average Bonchev–Trinajstić information content (AvgIpc) is 3.32. The van der Waals surface area contributed by atoms with Crippen molar-refractivity contribution in [2.45, 2.75) is 23.8 Å². The van der Waals surface area contributed by atoms with Crippen LogP contribution in [0, 0.1) is 0 Å². The minimum Gasteiger partial charge on any atom is -0.486 e. The molecule has 1 aliphatic heterocycles. The number of rotatable bonds is 8. The van der Waals surface area contributed by atoms with Crippen LogP contribution >= 0.6 is 11.6 Å². The Balaban J connectivity index is 1.46. The van der Waals surface area contributed by atoms with Crippen LogP contribution in [0.5, 0.6) is 11.5 Å². The molecule has 0 spiro atoms. The molecule has 1 aliphatic rings. The highest BCUT2D eigenvalue weighted by atomic mass is 35.5. The van der Waals surface area contributed by atoms with Crippen molar-refractivity contribution >= 4 is 38.6 Å². The smallest absolute Gasteiger partial charge is 0.306 e. The molecule has 1 aromatic heterocycles. The SMILES string of the molecule is COC(=O)CC(c1ccc(Cl)c(CN(C)S(=O)(=O)c2ccc3c(c2)OCCO3)c1)c1ccc2c(c1)nnn2C. The summed E-state index contributed by atoms with van der Waals surface area (Å²) in [5.74, 6) is 0.144. The van der Waals surface area contributed by atoms with E-state index in [1.165, 1.54) is 30.6 Å². The Labute approximate surface area is 231 Å². The maximum absolute atomic E-state index is 13.4. The first kappa shape index (κ1) is 26.9. The third-order valence-electron chi connectivity index (χ3n) is 6.72. The molecular weight excluding hydrogens is 544 g/mol. The Morgan fingerprint density at radius 3 is 2.56 bits per heavy atom. The van der Waals surface area contributed by atoms with Gasteiger partial charge in [0.25, 0.3) is 0 Å². The summed E-state index contributed by atoms with van der Waals surface area (Å²) >= 11 is 6.53. The Morgan fingerprint density at radius 1 is 1.08 bits per heavy atom. The maximum Gasteiger partial charge on any atom is 0.306 e. The summed E-state index contributed by atoms with van der Waals surface area (Å²) in [6.45, 7) is 0.778. The van der Waals surface area contributed by atoms with Gasteiger partial charge in [-0.3, -0.25) is 4.79 Å². The molecular formula is C27H27ClN4O6S. The lowest BCUT2D eigenvalue weighted by molar-refractivity contribution is -0.140. The molecule has 2 heterocycles. The minimum atomic E-state index is -3.87. The summed E-state index contributed by atoms with van der Waals surface area (Å²) in [5.41, 5.74) is 3.78. The largest absolute Gasteiger partial charge is 0.486 e. The van der Waals surface area contributed by atoms with Gasteiger partial charge in [0.1, 0.15) is 18.7 Å². The first-order valence-corrected chi connectivity index (χ1v) is 14.0. The van der Waals surface area contributed by atoms with Crippen molar-refractivity contribution in [3.63, 3.8) is 0 Å². The van der Waals surface area contributed by atoms with Gasteiger partial charge in [-0.15, -0.1) is 5.10 Å². The summed E-state index contributed by atoms with van der Waals surface area (Å²) in [6.07, 6.45) is 0.0781. The van der Waals surface area contributed by atoms with Crippen LogP contribution in [0.3, 0.4) is 0 Å². The molecule has 0 bridgehead atoms. The van der Waals surface area contributed by atoms with Crippen LogP contribution in [0.2, 0.25) is 5.02 Å². The van der Waals surface area contributed by atoms with Crippen LogP contribution < -0.4 is 9.47 Å². The summed E-state index contributed by atoms with van der Waals surface area (Å²) in [6, 6.07) is 15.6. The fraction of sp³-hybridized carbons (Fsp3) is 0.296. The average molecular weight is 571 g/mol. The molecule has 39 heavy (non-hydrogen) atoms. The van der Waals surface area contributed by atoms with E-state index in [0.717, 1.165) is 16.6 Å².